The molecule has 1 fully saturated rings. The van der Waals surface area contributed by atoms with Crippen LogP contribution >= 0.6 is 11.8 Å². The standard InChI is InChI=1S/C13H21N3S/c14-16-13(11-5-4-8-15-9-11)10-17-12-6-2-1-3-7-12/h4-5,8-9,12-13,16H,1-3,6-7,10,14H2. The summed E-state index contributed by atoms with van der Waals surface area (Å²) in [7, 11) is 0. The Kier molecular flexibility index (Phi) is 5.29. The monoisotopic (exact) mass is 251 g/mol. The van der Waals surface area contributed by atoms with Crippen LogP contribution in [0.3, 0.4) is 0 Å². The van der Waals surface area contributed by atoms with Crippen molar-refractivity contribution in [2.75, 3.05) is 5.75 Å². The van der Waals surface area contributed by atoms with E-state index in [-0.39, 0.29) is 6.04 Å². The molecule has 1 unspecified atom stereocenters. The van der Waals surface area contributed by atoms with E-state index in [2.05, 4.69) is 28.2 Å². The van der Waals surface area contributed by atoms with E-state index in [1.807, 2.05) is 12.3 Å². The highest BCUT2D eigenvalue weighted by Crippen LogP contribution is 2.30. The van der Waals surface area contributed by atoms with Crippen molar-refractivity contribution in [1.29, 1.82) is 0 Å². The molecule has 3 N–H and O–H groups in total. The number of nitrogens with zero attached hydrogens (tertiary/aromatic N) is 1. The second kappa shape index (κ2) is 6.99. The number of thioether (sulfide) groups is 1. The molecule has 0 aliphatic heterocycles. The fraction of sp³-hybridized carbons (Fsp3) is 0.615. The molecule has 4 heteroatoms. The molecular weight excluding hydrogens is 230 g/mol. The Morgan fingerprint density at radius 3 is 2.88 bits per heavy atom. The first kappa shape index (κ1) is 12.9. The number of hydrogen-bond donors (Lipinski definition) is 2. The van der Waals surface area contributed by atoms with Crippen molar-refractivity contribution in [2.24, 2.45) is 5.84 Å². The smallest absolute Gasteiger partial charge is 0.0565 e. The third kappa shape index (κ3) is 3.98. The van der Waals surface area contributed by atoms with Gasteiger partial charge in [0.05, 0.1) is 6.04 Å². The Labute approximate surface area is 108 Å². The van der Waals surface area contributed by atoms with Crippen LogP contribution in [0.1, 0.15) is 43.7 Å². The first-order valence-corrected chi connectivity index (χ1v) is 7.42. The van der Waals surface area contributed by atoms with E-state index in [4.69, 9.17) is 5.84 Å². The van der Waals surface area contributed by atoms with Gasteiger partial charge in [-0.25, -0.2) is 0 Å². The summed E-state index contributed by atoms with van der Waals surface area (Å²) in [6, 6.07) is 4.26. The lowest BCUT2D eigenvalue weighted by Crippen LogP contribution is -2.30. The minimum Gasteiger partial charge on any atom is -0.271 e. The van der Waals surface area contributed by atoms with Gasteiger partial charge in [-0.1, -0.05) is 25.3 Å². The van der Waals surface area contributed by atoms with Crippen molar-refractivity contribution >= 4 is 11.8 Å². The Balaban J connectivity index is 1.83. The molecule has 1 aliphatic carbocycles. The number of nitrogens with one attached hydrogen (secondary N) is 1. The van der Waals surface area contributed by atoms with Crippen LogP contribution in [0.25, 0.3) is 0 Å². The molecule has 0 aromatic carbocycles. The molecule has 1 saturated carbocycles. The Bertz CT molecular complexity index is 312. The predicted octanol–water partition coefficient (Wildman–Crippen LogP) is 2.65. The summed E-state index contributed by atoms with van der Waals surface area (Å²) >= 11 is 2.05. The molecule has 0 radical (unpaired) electrons. The van der Waals surface area contributed by atoms with E-state index in [0.29, 0.717) is 0 Å². The molecular formula is C13H21N3S. The fourth-order valence-electron chi connectivity index (χ4n) is 2.29. The summed E-state index contributed by atoms with van der Waals surface area (Å²) in [5.74, 6) is 6.66. The molecule has 1 aliphatic rings. The highest BCUT2D eigenvalue weighted by Gasteiger charge is 2.17. The molecule has 94 valence electrons. The average molecular weight is 251 g/mol. The van der Waals surface area contributed by atoms with Crippen LogP contribution in [-0.2, 0) is 0 Å². The van der Waals surface area contributed by atoms with E-state index in [1.54, 1.807) is 6.20 Å². The lowest BCUT2D eigenvalue weighted by atomic mass is 10.0. The molecule has 0 spiro atoms. The van der Waals surface area contributed by atoms with Gasteiger partial charge in [-0.15, -0.1) is 0 Å². The Morgan fingerprint density at radius 1 is 1.41 bits per heavy atom. The summed E-state index contributed by atoms with van der Waals surface area (Å²) in [5.41, 5.74) is 4.08. The number of hydrogen-bond acceptors (Lipinski definition) is 4. The quantitative estimate of drug-likeness (QED) is 0.624. The average Bonchev–Trinajstić information content (AvgIpc) is 2.42. The van der Waals surface area contributed by atoms with Gasteiger partial charge < -0.3 is 0 Å². The van der Waals surface area contributed by atoms with Gasteiger partial charge in [0.1, 0.15) is 0 Å². The number of pyridine rings is 1. The van der Waals surface area contributed by atoms with Crippen LogP contribution in [0.15, 0.2) is 24.5 Å². The first-order valence-electron chi connectivity index (χ1n) is 6.38. The van der Waals surface area contributed by atoms with Gasteiger partial charge in [0, 0.05) is 23.4 Å². The Hall–Kier alpha value is -0.580. The van der Waals surface area contributed by atoms with Crippen LogP contribution in [0.4, 0.5) is 0 Å². The van der Waals surface area contributed by atoms with Crippen molar-refractivity contribution in [3.8, 4) is 0 Å². The van der Waals surface area contributed by atoms with E-state index in [9.17, 15) is 0 Å². The zero-order chi connectivity index (χ0) is 11.9. The SMILES string of the molecule is NNC(CSC1CCCCC1)c1cccnc1. The van der Waals surface area contributed by atoms with Crippen LogP contribution in [0.2, 0.25) is 0 Å². The molecule has 1 heterocycles. The molecule has 3 nitrogen and oxygen atoms in total. The molecule has 1 aromatic rings. The lowest BCUT2D eigenvalue weighted by molar-refractivity contribution is 0.514. The minimum atomic E-state index is 0.218. The maximum absolute atomic E-state index is 5.63. The molecule has 17 heavy (non-hydrogen) atoms. The maximum Gasteiger partial charge on any atom is 0.0565 e. The summed E-state index contributed by atoms with van der Waals surface area (Å²) in [5, 5.41) is 0.830. The van der Waals surface area contributed by atoms with Crippen molar-refractivity contribution in [3.63, 3.8) is 0 Å². The number of hydrazine groups is 1. The predicted molar refractivity (Wildman–Crippen MR) is 73.6 cm³/mol. The molecule has 0 saturated heterocycles. The topological polar surface area (TPSA) is 50.9 Å². The van der Waals surface area contributed by atoms with Crippen molar-refractivity contribution in [1.82, 2.24) is 10.4 Å². The van der Waals surface area contributed by atoms with Gasteiger partial charge in [-0.2, -0.15) is 11.8 Å². The minimum absolute atomic E-state index is 0.218. The van der Waals surface area contributed by atoms with Crippen LogP contribution in [0.5, 0.6) is 0 Å². The second-order valence-electron chi connectivity index (χ2n) is 4.60. The molecule has 2 rings (SSSR count). The van der Waals surface area contributed by atoms with Gasteiger partial charge in [-0.05, 0) is 24.5 Å². The summed E-state index contributed by atoms with van der Waals surface area (Å²) in [6.07, 6.45) is 10.6. The van der Waals surface area contributed by atoms with Crippen molar-refractivity contribution < 1.29 is 0 Å². The van der Waals surface area contributed by atoms with Crippen LogP contribution < -0.4 is 11.3 Å². The fourth-order valence-corrected chi connectivity index (χ4v) is 3.71. The second-order valence-corrected chi connectivity index (χ2v) is 5.93. The van der Waals surface area contributed by atoms with Crippen molar-refractivity contribution in [3.05, 3.63) is 30.1 Å². The summed E-state index contributed by atoms with van der Waals surface area (Å²) in [6.45, 7) is 0. The zero-order valence-corrected chi connectivity index (χ0v) is 11.0. The molecule has 1 atom stereocenters. The summed E-state index contributed by atoms with van der Waals surface area (Å²) in [4.78, 5) is 4.14. The van der Waals surface area contributed by atoms with Crippen molar-refractivity contribution in [2.45, 2.75) is 43.4 Å². The first-order chi connectivity index (χ1) is 8.40. The van der Waals surface area contributed by atoms with Crippen LogP contribution in [0, 0.1) is 0 Å². The number of aromatic nitrogens is 1. The van der Waals surface area contributed by atoms with Gasteiger partial charge in [0.15, 0.2) is 0 Å². The molecule has 0 bridgehead atoms. The molecule has 1 aromatic heterocycles. The van der Waals surface area contributed by atoms with E-state index in [0.717, 1.165) is 11.0 Å². The maximum atomic E-state index is 5.63. The van der Waals surface area contributed by atoms with Gasteiger partial charge in [0.2, 0.25) is 0 Å². The highest BCUT2D eigenvalue weighted by molar-refractivity contribution is 7.99. The third-order valence-corrected chi connectivity index (χ3v) is 4.81. The Morgan fingerprint density at radius 2 is 2.24 bits per heavy atom. The van der Waals surface area contributed by atoms with E-state index < -0.39 is 0 Å². The van der Waals surface area contributed by atoms with Gasteiger partial charge >= 0.3 is 0 Å². The van der Waals surface area contributed by atoms with Gasteiger partial charge in [-0.3, -0.25) is 16.3 Å². The number of rotatable bonds is 5. The lowest BCUT2D eigenvalue weighted by Gasteiger charge is -2.23. The van der Waals surface area contributed by atoms with Gasteiger partial charge in [0.25, 0.3) is 0 Å². The number of nitrogens with two attached hydrogens (primary N) is 1. The molecule has 0 amide bonds. The van der Waals surface area contributed by atoms with E-state index >= 15 is 0 Å². The third-order valence-electron chi connectivity index (χ3n) is 3.34. The summed E-state index contributed by atoms with van der Waals surface area (Å²) < 4.78 is 0. The largest absolute Gasteiger partial charge is 0.271 e. The highest BCUT2D eigenvalue weighted by atomic mass is 32.2. The van der Waals surface area contributed by atoms with E-state index in [1.165, 1.54) is 37.7 Å². The zero-order valence-electron chi connectivity index (χ0n) is 10.1. The van der Waals surface area contributed by atoms with Crippen LogP contribution in [-0.4, -0.2) is 16.0 Å². The normalized spacial score (nSPS) is 19.1.